The van der Waals surface area contributed by atoms with Gasteiger partial charge in [-0.1, -0.05) is 29.8 Å². The number of rotatable bonds is 2. The van der Waals surface area contributed by atoms with Crippen LogP contribution in [0.1, 0.15) is 31.8 Å². The summed E-state index contributed by atoms with van der Waals surface area (Å²) in [5, 5.41) is 0.445. The van der Waals surface area contributed by atoms with Crippen LogP contribution in [0.25, 0.3) is 0 Å². The van der Waals surface area contributed by atoms with Crippen LogP contribution in [-0.4, -0.2) is 39.7 Å². The van der Waals surface area contributed by atoms with E-state index in [1.165, 1.54) is 24.3 Å². The standard InChI is InChI=1S/C22H15ClFN3O2/c23-19-4-2-1-3-17(19)22-18-13-25-10-9-16(18)21(29)27(22)12-11-26(22)20(28)14-5-7-15(24)8-6-14/h1-10,13H,11-12H2. The van der Waals surface area contributed by atoms with Gasteiger partial charge >= 0.3 is 0 Å². The quantitative estimate of drug-likeness (QED) is 0.651. The van der Waals surface area contributed by atoms with Crippen molar-refractivity contribution in [2.24, 2.45) is 0 Å². The zero-order chi connectivity index (χ0) is 20.2. The molecule has 0 radical (unpaired) electrons. The molecule has 0 saturated carbocycles. The molecule has 0 spiro atoms. The molecule has 2 aliphatic rings. The number of halogens is 2. The van der Waals surface area contributed by atoms with Gasteiger partial charge in [-0.25, -0.2) is 4.39 Å². The maximum Gasteiger partial charge on any atom is 0.256 e. The van der Waals surface area contributed by atoms with E-state index < -0.39 is 11.5 Å². The van der Waals surface area contributed by atoms with Gasteiger partial charge in [0.25, 0.3) is 11.8 Å². The first-order valence-corrected chi connectivity index (χ1v) is 9.52. The Hall–Kier alpha value is -3.25. The van der Waals surface area contributed by atoms with Crippen LogP contribution in [0.4, 0.5) is 4.39 Å². The Kier molecular flexibility index (Phi) is 3.93. The van der Waals surface area contributed by atoms with Crippen molar-refractivity contribution in [2.45, 2.75) is 5.66 Å². The van der Waals surface area contributed by atoms with Gasteiger partial charge in [0.15, 0.2) is 5.66 Å². The molecule has 144 valence electrons. The van der Waals surface area contributed by atoms with Gasteiger partial charge < -0.3 is 9.80 Å². The molecule has 1 aromatic heterocycles. The van der Waals surface area contributed by atoms with Crippen molar-refractivity contribution in [2.75, 3.05) is 13.1 Å². The van der Waals surface area contributed by atoms with Crippen LogP contribution in [-0.2, 0) is 5.66 Å². The zero-order valence-corrected chi connectivity index (χ0v) is 15.9. The van der Waals surface area contributed by atoms with Crippen molar-refractivity contribution >= 4 is 23.4 Å². The van der Waals surface area contributed by atoms with Crippen molar-refractivity contribution in [3.05, 3.63) is 100 Å². The smallest absolute Gasteiger partial charge is 0.256 e. The van der Waals surface area contributed by atoms with Crippen molar-refractivity contribution < 1.29 is 14.0 Å². The van der Waals surface area contributed by atoms with Crippen LogP contribution in [0.15, 0.2) is 67.0 Å². The fraction of sp³-hybridized carbons (Fsp3) is 0.136. The topological polar surface area (TPSA) is 53.5 Å². The van der Waals surface area contributed by atoms with Gasteiger partial charge in [0.2, 0.25) is 0 Å². The molecule has 1 saturated heterocycles. The minimum Gasteiger partial charge on any atom is -0.306 e. The first-order valence-electron chi connectivity index (χ1n) is 9.14. The van der Waals surface area contributed by atoms with Gasteiger partial charge in [0.05, 0.1) is 5.56 Å². The molecule has 2 aliphatic heterocycles. The highest BCUT2D eigenvalue weighted by atomic mass is 35.5. The Labute approximate surface area is 171 Å². The largest absolute Gasteiger partial charge is 0.306 e. The van der Waals surface area contributed by atoms with Gasteiger partial charge in [-0.3, -0.25) is 14.6 Å². The second-order valence-corrected chi connectivity index (χ2v) is 7.40. The highest BCUT2D eigenvalue weighted by Gasteiger charge is 2.60. The molecule has 0 N–H and O–H groups in total. The minimum atomic E-state index is -1.19. The molecule has 3 aromatic rings. The maximum atomic E-state index is 13.5. The zero-order valence-electron chi connectivity index (χ0n) is 15.2. The second-order valence-electron chi connectivity index (χ2n) is 6.99. The van der Waals surface area contributed by atoms with Crippen LogP contribution in [0, 0.1) is 5.82 Å². The molecule has 3 heterocycles. The number of hydrogen-bond acceptors (Lipinski definition) is 3. The molecule has 1 fully saturated rings. The molecular weight excluding hydrogens is 393 g/mol. The molecule has 29 heavy (non-hydrogen) atoms. The minimum absolute atomic E-state index is 0.170. The molecule has 0 aliphatic carbocycles. The lowest BCUT2D eigenvalue weighted by molar-refractivity contribution is 0.0375. The van der Waals surface area contributed by atoms with E-state index in [4.69, 9.17) is 11.6 Å². The van der Waals surface area contributed by atoms with Gasteiger partial charge in [-0.15, -0.1) is 0 Å². The Morgan fingerprint density at radius 1 is 1.03 bits per heavy atom. The third kappa shape index (κ3) is 2.36. The van der Waals surface area contributed by atoms with Crippen LogP contribution in [0.5, 0.6) is 0 Å². The number of benzene rings is 2. The third-order valence-electron chi connectivity index (χ3n) is 5.59. The van der Waals surface area contributed by atoms with E-state index in [2.05, 4.69) is 4.98 Å². The summed E-state index contributed by atoms with van der Waals surface area (Å²) in [7, 11) is 0. The van der Waals surface area contributed by atoms with Crippen LogP contribution in [0.3, 0.4) is 0 Å². The molecule has 2 amide bonds. The molecule has 7 heteroatoms. The maximum absolute atomic E-state index is 13.5. The summed E-state index contributed by atoms with van der Waals surface area (Å²) in [5.41, 5.74) is 0.895. The van der Waals surface area contributed by atoms with E-state index in [0.29, 0.717) is 40.4 Å². The first-order chi connectivity index (χ1) is 14.0. The van der Waals surface area contributed by atoms with Crippen LogP contribution >= 0.6 is 11.6 Å². The number of pyridine rings is 1. The Morgan fingerprint density at radius 2 is 1.79 bits per heavy atom. The number of fused-ring (bicyclic) bond motifs is 3. The average molecular weight is 408 g/mol. The number of amides is 2. The summed E-state index contributed by atoms with van der Waals surface area (Å²) >= 11 is 6.57. The normalized spacial score (nSPS) is 20.0. The van der Waals surface area contributed by atoms with Crippen molar-refractivity contribution in [3.8, 4) is 0 Å². The summed E-state index contributed by atoms with van der Waals surface area (Å²) in [5.74, 6) is -0.898. The van der Waals surface area contributed by atoms with E-state index in [9.17, 15) is 14.0 Å². The Morgan fingerprint density at radius 3 is 2.55 bits per heavy atom. The third-order valence-corrected chi connectivity index (χ3v) is 5.92. The first kappa shape index (κ1) is 17.8. The lowest BCUT2D eigenvalue weighted by Crippen LogP contribution is -2.51. The summed E-state index contributed by atoms with van der Waals surface area (Å²) in [6, 6.07) is 14.2. The van der Waals surface area contributed by atoms with Crippen LogP contribution < -0.4 is 0 Å². The second kappa shape index (κ2) is 6.39. The van der Waals surface area contributed by atoms with E-state index in [1.54, 1.807) is 40.4 Å². The van der Waals surface area contributed by atoms with E-state index >= 15 is 0 Å². The summed E-state index contributed by atoms with van der Waals surface area (Å²) in [6.07, 6.45) is 3.18. The van der Waals surface area contributed by atoms with E-state index in [-0.39, 0.29) is 11.8 Å². The van der Waals surface area contributed by atoms with E-state index in [0.717, 1.165) is 0 Å². The van der Waals surface area contributed by atoms with Crippen molar-refractivity contribution in [3.63, 3.8) is 0 Å². The Bertz CT molecular complexity index is 1150. The molecule has 0 bridgehead atoms. The van der Waals surface area contributed by atoms with Gasteiger partial charge in [0, 0.05) is 47.2 Å². The number of carbonyl (C=O) groups excluding carboxylic acids is 2. The fourth-order valence-corrected chi connectivity index (χ4v) is 4.66. The van der Waals surface area contributed by atoms with Gasteiger partial charge in [-0.05, 0) is 36.4 Å². The molecule has 5 rings (SSSR count). The summed E-state index contributed by atoms with van der Waals surface area (Å²) in [6.45, 7) is 0.674. The number of aromatic nitrogens is 1. The molecule has 1 unspecified atom stereocenters. The summed E-state index contributed by atoms with van der Waals surface area (Å²) in [4.78, 5) is 34.2. The fourth-order valence-electron chi connectivity index (χ4n) is 4.39. The Balaban J connectivity index is 1.77. The highest BCUT2D eigenvalue weighted by molar-refractivity contribution is 6.31. The predicted octanol–water partition coefficient (Wildman–Crippen LogP) is 3.69. The highest BCUT2D eigenvalue weighted by Crippen LogP contribution is 2.51. The van der Waals surface area contributed by atoms with Gasteiger partial charge in [-0.2, -0.15) is 0 Å². The number of nitrogens with zero attached hydrogens (tertiary/aromatic N) is 3. The van der Waals surface area contributed by atoms with Gasteiger partial charge in [0.1, 0.15) is 5.82 Å². The average Bonchev–Trinajstić information content (AvgIpc) is 3.24. The molecular formula is C22H15ClFN3O2. The molecule has 2 aromatic carbocycles. The lowest BCUT2D eigenvalue weighted by atomic mass is 9.90. The predicted molar refractivity (Wildman–Crippen MR) is 105 cm³/mol. The number of hydrogen-bond donors (Lipinski definition) is 0. The lowest BCUT2D eigenvalue weighted by Gasteiger charge is -2.40. The number of carbonyl (C=O) groups is 2. The van der Waals surface area contributed by atoms with Crippen molar-refractivity contribution in [1.29, 1.82) is 0 Å². The molecule has 1 atom stereocenters. The van der Waals surface area contributed by atoms with Crippen LogP contribution in [0.2, 0.25) is 5.02 Å². The monoisotopic (exact) mass is 407 g/mol. The summed E-state index contributed by atoms with van der Waals surface area (Å²) < 4.78 is 13.4. The van der Waals surface area contributed by atoms with Crippen molar-refractivity contribution in [1.82, 2.24) is 14.8 Å². The molecule has 5 nitrogen and oxygen atoms in total. The SMILES string of the molecule is O=C(c1ccc(F)cc1)N1CCN2C(=O)c3ccncc3C12c1ccccc1Cl. The van der Waals surface area contributed by atoms with E-state index in [1.807, 2.05) is 12.1 Å².